The summed E-state index contributed by atoms with van der Waals surface area (Å²) in [5, 5.41) is 10.3. The van der Waals surface area contributed by atoms with Crippen LogP contribution in [0, 0.1) is 25.2 Å². The second-order valence-corrected chi connectivity index (χ2v) is 6.39. The molecule has 0 radical (unpaired) electrons. The van der Waals surface area contributed by atoms with E-state index in [0.29, 0.717) is 5.57 Å². The molecule has 23 heavy (non-hydrogen) atoms. The topological polar surface area (TPSA) is 45.9 Å². The summed E-state index contributed by atoms with van der Waals surface area (Å²) in [6.07, 6.45) is 1.86. The first-order chi connectivity index (χ1) is 11.1. The summed E-state index contributed by atoms with van der Waals surface area (Å²) in [5.74, 6) is 0.796. The van der Waals surface area contributed by atoms with Gasteiger partial charge in [0.15, 0.2) is 0 Å². The van der Waals surface area contributed by atoms with Crippen molar-refractivity contribution in [1.82, 2.24) is 4.98 Å². The highest BCUT2D eigenvalue weighted by Gasteiger charge is 2.11. The van der Waals surface area contributed by atoms with Crippen LogP contribution in [0.15, 0.2) is 36.4 Å². The third-order valence-corrected chi connectivity index (χ3v) is 4.67. The molecule has 0 amide bonds. The Labute approximate surface area is 139 Å². The highest BCUT2D eigenvalue weighted by molar-refractivity contribution is 7.19. The molecular weight excluding hydrogens is 304 g/mol. The van der Waals surface area contributed by atoms with Crippen LogP contribution in [-0.4, -0.2) is 12.1 Å². The van der Waals surface area contributed by atoms with Crippen molar-refractivity contribution in [3.8, 4) is 11.8 Å². The van der Waals surface area contributed by atoms with Crippen LogP contribution in [0.5, 0.6) is 5.75 Å². The summed E-state index contributed by atoms with van der Waals surface area (Å²) >= 11 is 1.53. The van der Waals surface area contributed by atoms with E-state index in [-0.39, 0.29) is 0 Å². The van der Waals surface area contributed by atoms with Gasteiger partial charge in [-0.25, -0.2) is 4.98 Å². The summed E-state index contributed by atoms with van der Waals surface area (Å²) in [7, 11) is 1.65. The molecule has 0 bridgehead atoms. The van der Waals surface area contributed by atoms with E-state index in [1.54, 1.807) is 7.11 Å². The molecule has 0 fully saturated rings. The van der Waals surface area contributed by atoms with Crippen molar-refractivity contribution in [2.45, 2.75) is 13.8 Å². The average molecular weight is 320 g/mol. The van der Waals surface area contributed by atoms with Gasteiger partial charge in [0.25, 0.3) is 0 Å². The molecule has 0 aliphatic heterocycles. The second-order valence-electron chi connectivity index (χ2n) is 5.36. The minimum absolute atomic E-state index is 0.550. The van der Waals surface area contributed by atoms with Gasteiger partial charge >= 0.3 is 0 Å². The Balaban J connectivity index is 2.14. The predicted octanol–water partition coefficient (Wildman–Crippen LogP) is 4.99. The number of aromatic nitrogens is 1. The zero-order valence-electron chi connectivity index (χ0n) is 13.3. The minimum Gasteiger partial charge on any atom is -0.496 e. The van der Waals surface area contributed by atoms with E-state index in [0.717, 1.165) is 37.7 Å². The molecule has 2 aromatic carbocycles. The Morgan fingerprint density at radius 1 is 1.26 bits per heavy atom. The third kappa shape index (κ3) is 2.96. The van der Waals surface area contributed by atoms with E-state index in [1.807, 2.05) is 50.3 Å². The van der Waals surface area contributed by atoms with Gasteiger partial charge in [0.05, 0.1) is 22.9 Å². The SMILES string of the molecule is COc1c(C)cc(C)cc1/C=C(/C#N)c1nc2ccccc2s1. The van der Waals surface area contributed by atoms with E-state index in [1.165, 1.54) is 11.3 Å². The summed E-state index contributed by atoms with van der Waals surface area (Å²) in [6, 6.07) is 14.3. The Morgan fingerprint density at radius 2 is 2.04 bits per heavy atom. The van der Waals surface area contributed by atoms with Gasteiger partial charge < -0.3 is 4.74 Å². The largest absolute Gasteiger partial charge is 0.496 e. The maximum absolute atomic E-state index is 9.58. The average Bonchev–Trinajstić information content (AvgIpc) is 2.95. The zero-order chi connectivity index (χ0) is 16.4. The van der Waals surface area contributed by atoms with Crippen LogP contribution < -0.4 is 4.74 Å². The molecular formula is C19H16N2OS. The fourth-order valence-corrected chi connectivity index (χ4v) is 3.59. The van der Waals surface area contributed by atoms with Crippen LogP contribution in [0.1, 0.15) is 21.7 Å². The van der Waals surface area contributed by atoms with E-state index >= 15 is 0 Å². The van der Waals surface area contributed by atoms with Gasteiger partial charge in [-0.1, -0.05) is 23.8 Å². The number of methoxy groups -OCH3 is 1. The highest BCUT2D eigenvalue weighted by Crippen LogP contribution is 2.31. The van der Waals surface area contributed by atoms with Crippen molar-refractivity contribution in [2.75, 3.05) is 7.11 Å². The van der Waals surface area contributed by atoms with Gasteiger partial charge in [-0.05, 0) is 43.7 Å². The lowest BCUT2D eigenvalue weighted by atomic mass is 10.0. The predicted molar refractivity (Wildman–Crippen MR) is 95.6 cm³/mol. The fourth-order valence-electron chi connectivity index (χ4n) is 2.66. The summed E-state index contributed by atoms with van der Waals surface area (Å²) in [5.41, 5.74) is 4.56. The van der Waals surface area contributed by atoms with Crippen molar-refractivity contribution in [2.24, 2.45) is 0 Å². The van der Waals surface area contributed by atoms with Gasteiger partial charge in [-0.15, -0.1) is 11.3 Å². The number of nitrogens with zero attached hydrogens (tertiary/aromatic N) is 2. The molecule has 3 nitrogen and oxygen atoms in total. The van der Waals surface area contributed by atoms with Crippen LogP contribution in [0.25, 0.3) is 21.9 Å². The molecule has 0 saturated heterocycles. The lowest BCUT2D eigenvalue weighted by Crippen LogP contribution is -1.93. The van der Waals surface area contributed by atoms with Crippen LogP contribution in [0.3, 0.4) is 0 Å². The molecule has 0 N–H and O–H groups in total. The molecule has 1 heterocycles. The molecule has 0 spiro atoms. The van der Waals surface area contributed by atoms with Gasteiger partial charge in [-0.3, -0.25) is 0 Å². The number of rotatable bonds is 3. The van der Waals surface area contributed by atoms with E-state index < -0.39 is 0 Å². The molecule has 0 atom stereocenters. The number of aryl methyl sites for hydroxylation is 2. The van der Waals surface area contributed by atoms with E-state index in [2.05, 4.69) is 17.1 Å². The third-order valence-electron chi connectivity index (χ3n) is 3.60. The van der Waals surface area contributed by atoms with Gasteiger partial charge in [-0.2, -0.15) is 5.26 Å². The van der Waals surface area contributed by atoms with E-state index in [9.17, 15) is 5.26 Å². The van der Waals surface area contributed by atoms with Crippen molar-refractivity contribution < 1.29 is 4.74 Å². The maximum Gasteiger partial charge on any atom is 0.135 e. The van der Waals surface area contributed by atoms with Gasteiger partial charge in [0.2, 0.25) is 0 Å². The second kappa shape index (κ2) is 6.23. The Hall–Kier alpha value is -2.64. The number of ether oxygens (including phenoxy) is 1. The summed E-state index contributed by atoms with van der Waals surface area (Å²) in [4.78, 5) is 4.57. The number of fused-ring (bicyclic) bond motifs is 1. The molecule has 3 rings (SSSR count). The van der Waals surface area contributed by atoms with Gasteiger partial charge in [0, 0.05) is 5.56 Å². The molecule has 3 aromatic rings. The minimum atomic E-state index is 0.550. The Bertz CT molecular complexity index is 915. The molecule has 0 aliphatic carbocycles. The van der Waals surface area contributed by atoms with Crippen LogP contribution in [0.4, 0.5) is 0 Å². The lowest BCUT2D eigenvalue weighted by Gasteiger charge is -2.10. The number of nitriles is 1. The molecule has 4 heteroatoms. The molecule has 0 aliphatic rings. The number of para-hydroxylation sites is 1. The number of benzene rings is 2. The zero-order valence-corrected chi connectivity index (χ0v) is 14.1. The van der Waals surface area contributed by atoms with Crippen molar-refractivity contribution in [1.29, 1.82) is 5.26 Å². The maximum atomic E-state index is 9.58. The first kappa shape index (κ1) is 15.3. The standard InChI is InChI=1S/C19H16N2OS/c1-12-8-13(2)18(22-3)14(9-12)10-15(11-20)19-21-16-6-4-5-7-17(16)23-19/h4-10H,1-3H3/b15-10-. The first-order valence-corrected chi connectivity index (χ1v) is 8.07. The lowest BCUT2D eigenvalue weighted by molar-refractivity contribution is 0.410. The van der Waals surface area contributed by atoms with Crippen LogP contribution >= 0.6 is 11.3 Å². The first-order valence-electron chi connectivity index (χ1n) is 7.25. The summed E-state index contributed by atoms with van der Waals surface area (Å²) < 4.78 is 6.58. The number of hydrogen-bond acceptors (Lipinski definition) is 4. The number of thiazole rings is 1. The van der Waals surface area contributed by atoms with Gasteiger partial charge in [0.1, 0.15) is 16.8 Å². The monoisotopic (exact) mass is 320 g/mol. The number of hydrogen-bond donors (Lipinski definition) is 0. The van der Waals surface area contributed by atoms with Crippen molar-refractivity contribution in [3.05, 3.63) is 58.1 Å². The molecule has 1 aromatic heterocycles. The van der Waals surface area contributed by atoms with Crippen LogP contribution in [0.2, 0.25) is 0 Å². The molecule has 0 saturated carbocycles. The van der Waals surface area contributed by atoms with E-state index in [4.69, 9.17) is 4.74 Å². The highest BCUT2D eigenvalue weighted by atomic mass is 32.1. The quantitative estimate of drug-likeness (QED) is 0.639. The summed E-state index contributed by atoms with van der Waals surface area (Å²) in [6.45, 7) is 4.04. The van der Waals surface area contributed by atoms with Crippen molar-refractivity contribution in [3.63, 3.8) is 0 Å². The molecule has 114 valence electrons. The fraction of sp³-hybridized carbons (Fsp3) is 0.158. The number of allylic oxidation sites excluding steroid dienone is 1. The Kier molecular flexibility index (Phi) is 4.14. The normalized spacial score (nSPS) is 11.5. The smallest absolute Gasteiger partial charge is 0.135 e. The van der Waals surface area contributed by atoms with Crippen LogP contribution in [-0.2, 0) is 0 Å². The van der Waals surface area contributed by atoms with Crippen molar-refractivity contribution >= 4 is 33.2 Å². The molecule has 0 unspecified atom stereocenters. The Morgan fingerprint density at radius 3 is 2.74 bits per heavy atom.